The van der Waals surface area contributed by atoms with Gasteiger partial charge in [0.25, 0.3) is 0 Å². The first-order valence-corrected chi connectivity index (χ1v) is 12.8. The van der Waals surface area contributed by atoms with Crippen molar-refractivity contribution in [3.8, 4) is 28.4 Å². The topological polar surface area (TPSA) is 50.8 Å². The van der Waals surface area contributed by atoms with Gasteiger partial charge in [0, 0.05) is 30.5 Å². The number of hydrazine groups is 1. The number of ether oxygens (including phenoxy) is 2. The summed E-state index contributed by atoms with van der Waals surface area (Å²) in [6.07, 6.45) is 7.77. The number of methoxy groups -OCH3 is 1. The fourth-order valence-electron chi connectivity index (χ4n) is 4.65. The molecule has 5 heteroatoms. The number of carbonyl (C=O) groups excluding carboxylic acids is 1. The quantitative estimate of drug-likeness (QED) is 0.282. The standard InChI is InChI=1S/C32H32N2O3/c1-36-27-19-14-26(15-20-27)30-21-16-25-9-3-4-10-29(25)32(30)37-28-17-12-24(13-18-28)8-7-11-31(35)33-34-22-5-2-6-23-34/h3-4,7-10,12-21H,2,5-6,11,22-23H2,1H3,(H,33,35). The van der Waals surface area contributed by atoms with Crippen molar-refractivity contribution in [2.24, 2.45) is 0 Å². The molecule has 1 N–H and O–H groups in total. The van der Waals surface area contributed by atoms with Gasteiger partial charge in [-0.15, -0.1) is 0 Å². The second-order valence-corrected chi connectivity index (χ2v) is 9.25. The van der Waals surface area contributed by atoms with E-state index in [0.717, 1.165) is 70.6 Å². The molecule has 0 spiro atoms. The van der Waals surface area contributed by atoms with E-state index in [9.17, 15) is 4.79 Å². The molecule has 5 nitrogen and oxygen atoms in total. The van der Waals surface area contributed by atoms with Crippen LogP contribution in [0.1, 0.15) is 31.2 Å². The third-order valence-corrected chi connectivity index (χ3v) is 6.63. The predicted molar refractivity (Wildman–Crippen MR) is 150 cm³/mol. The fourth-order valence-corrected chi connectivity index (χ4v) is 4.65. The third-order valence-electron chi connectivity index (χ3n) is 6.63. The van der Waals surface area contributed by atoms with Gasteiger partial charge in [-0.05, 0) is 59.7 Å². The summed E-state index contributed by atoms with van der Waals surface area (Å²) in [7, 11) is 1.67. The van der Waals surface area contributed by atoms with Crippen LogP contribution < -0.4 is 14.9 Å². The van der Waals surface area contributed by atoms with Crippen LogP contribution in [0.25, 0.3) is 28.0 Å². The van der Waals surface area contributed by atoms with Gasteiger partial charge in [0.05, 0.1) is 7.11 Å². The van der Waals surface area contributed by atoms with Gasteiger partial charge in [0.2, 0.25) is 5.91 Å². The van der Waals surface area contributed by atoms with E-state index in [-0.39, 0.29) is 5.91 Å². The van der Waals surface area contributed by atoms with Crippen LogP contribution in [0.3, 0.4) is 0 Å². The Bertz CT molecular complexity index is 1370. The molecule has 0 radical (unpaired) electrons. The maximum atomic E-state index is 12.2. The largest absolute Gasteiger partial charge is 0.497 e. The van der Waals surface area contributed by atoms with Crippen molar-refractivity contribution in [1.29, 1.82) is 0 Å². The molecular formula is C32H32N2O3. The molecule has 1 amide bonds. The van der Waals surface area contributed by atoms with Crippen LogP contribution in [-0.4, -0.2) is 31.1 Å². The van der Waals surface area contributed by atoms with Gasteiger partial charge in [-0.1, -0.05) is 73.2 Å². The van der Waals surface area contributed by atoms with Gasteiger partial charge in [0.1, 0.15) is 17.2 Å². The van der Waals surface area contributed by atoms with Crippen molar-refractivity contribution in [2.75, 3.05) is 20.2 Å². The molecule has 37 heavy (non-hydrogen) atoms. The Morgan fingerprint density at radius 3 is 2.35 bits per heavy atom. The molecule has 4 aromatic rings. The molecule has 0 unspecified atom stereocenters. The average molecular weight is 493 g/mol. The summed E-state index contributed by atoms with van der Waals surface area (Å²) in [6, 6.07) is 28.4. The number of benzene rings is 4. The Morgan fingerprint density at radius 1 is 0.865 bits per heavy atom. The normalized spacial score (nSPS) is 14.1. The molecular weight excluding hydrogens is 460 g/mol. The number of piperidine rings is 1. The van der Waals surface area contributed by atoms with E-state index >= 15 is 0 Å². The molecule has 1 aliphatic heterocycles. The predicted octanol–water partition coefficient (Wildman–Crippen LogP) is 7.23. The zero-order chi connectivity index (χ0) is 25.5. The van der Waals surface area contributed by atoms with E-state index in [4.69, 9.17) is 9.47 Å². The molecule has 1 aliphatic rings. The van der Waals surface area contributed by atoms with Gasteiger partial charge >= 0.3 is 0 Å². The van der Waals surface area contributed by atoms with E-state index in [0.29, 0.717) is 6.42 Å². The van der Waals surface area contributed by atoms with Crippen molar-refractivity contribution in [3.05, 3.63) is 96.6 Å². The van der Waals surface area contributed by atoms with Crippen LogP contribution in [0.5, 0.6) is 17.2 Å². The Hall–Kier alpha value is -4.09. The Morgan fingerprint density at radius 2 is 1.59 bits per heavy atom. The van der Waals surface area contributed by atoms with Crippen LogP contribution in [-0.2, 0) is 4.79 Å². The zero-order valence-electron chi connectivity index (χ0n) is 21.2. The Labute approximate surface area is 218 Å². The monoisotopic (exact) mass is 492 g/mol. The SMILES string of the molecule is COc1ccc(-c2ccc3ccccc3c2Oc2ccc(C=CCC(=O)NN3CCCCC3)cc2)cc1. The van der Waals surface area contributed by atoms with Gasteiger partial charge in [-0.2, -0.15) is 0 Å². The zero-order valence-corrected chi connectivity index (χ0v) is 21.2. The number of amides is 1. The number of hydrogen-bond donors (Lipinski definition) is 1. The summed E-state index contributed by atoms with van der Waals surface area (Å²) in [5.74, 6) is 2.42. The summed E-state index contributed by atoms with van der Waals surface area (Å²) in [5, 5.41) is 4.20. The highest BCUT2D eigenvalue weighted by atomic mass is 16.5. The first-order chi connectivity index (χ1) is 18.2. The van der Waals surface area contributed by atoms with Gasteiger partial charge in [0.15, 0.2) is 0 Å². The van der Waals surface area contributed by atoms with Crippen LogP contribution in [0.4, 0.5) is 0 Å². The lowest BCUT2D eigenvalue weighted by atomic mass is 9.99. The summed E-state index contributed by atoms with van der Waals surface area (Å²) in [5.41, 5.74) is 6.09. The highest BCUT2D eigenvalue weighted by molar-refractivity contribution is 5.95. The van der Waals surface area contributed by atoms with Crippen molar-refractivity contribution in [3.63, 3.8) is 0 Å². The number of rotatable bonds is 8. The van der Waals surface area contributed by atoms with Gasteiger partial charge in [-0.3, -0.25) is 10.2 Å². The second-order valence-electron chi connectivity index (χ2n) is 9.25. The highest BCUT2D eigenvalue weighted by Crippen LogP contribution is 2.40. The molecule has 4 aromatic carbocycles. The molecule has 0 aliphatic carbocycles. The number of hydrogen-bond acceptors (Lipinski definition) is 4. The van der Waals surface area contributed by atoms with Gasteiger partial charge < -0.3 is 9.47 Å². The van der Waals surface area contributed by atoms with Crippen LogP contribution in [0, 0.1) is 0 Å². The van der Waals surface area contributed by atoms with Crippen molar-refractivity contribution in [2.45, 2.75) is 25.7 Å². The van der Waals surface area contributed by atoms with E-state index in [1.54, 1.807) is 7.11 Å². The van der Waals surface area contributed by atoms with Crippen LogP contribution >= 0.6 is 0 Å². The molecule has 0 bridgehead atoms. The minimum absolute atomic E-state index is 0.0279. The van der Waals surface area contributed by atoms with Crippen molar-refractivity contribution >= 4 is 22.8 Å². The highest BCUT2D eigenvalue weighted by Gasteiger charge is 2.13. The van der Waals surface area contributed by atoms with Crippen molar-refractivity contribution in [1.82, 2.24) is 10.4 Å². The maximum Gasteiger partial charge on any atom is 0.238 e. The minimum Gasteiger partial charge on any atom is -0.497 e. The molecule has 0 aromatic heterocycles. The first kappa shape index (κ1) is 24.6. The number of carbonyl (C=O) groups is 1. The lowest BCUT2D eigenvalue weighted by Crippen LogP contribution is -2.44. The minimum atomic E-state index is 0.0279. The average Bonchev–Trinajstić information content (AvgIpc) is 2.95. The molecule has 0 saturated carbocycles. The lowest BCUT2D eigenvalue weighted by Gasteiger charge is -2.26. The molecule has 0 atom stereocenters. The molecule has 188 valence electrons. The maximum absolute atomic E-state index is 12.2. The summed E-state index contributed by atoms with van der Waals surface area (Å²) >= 11 is 0. The Kier molecular flexibility index (Phi) is 7.82. The lowest BCUT2D eigenvalue weighted by molar-refractivity contribution is -0.125. The van der Waals surface area contributed by atoms with Crippen LogP contribution in [0.2, 0.25) is 0 Å². The van der Waals surface area contributed by atoms with Gasteiger partial charge in [-0.25, -0.2) is 5.01 Å². The molecule has 1 saturated heterocycles. The summed E-state index contributed by atoms with van der Waals surface area (Å²) < 4.78 is 11.8. The molecule has 1 heterocycles. The third kappa shape index (κ3) is 6.19. The van der Waals surface area contributed by atoms with E-state index in [1.807, 2.05) is 77.8 Å². The number of nitrogens with zero attached hydrogens (tertiary/aromatic N) is 1. The summed E-state index contributed by atoms with van der Waals surface area (Å²) in [4.78, 5) is 12.2. The fraction of sp³-hybridized carbons (Fsp3) is 0.219. The molecule has 1 fully saturated rings. The number of nitrogens with one attached hydrogen (secondary N) is 1. The number of fused-ring (bicyclic) bond motifs is 1. The molecule has 5 rings (SSSR count). The second kappa shape index (κ2) is 11.8. The first-order valence-electron chi connectivity index (χ1n) is 12.8. The van der Waals surface area contributed by atoms with Crippen molar-refractivity contribution < 1.29 is 14.3 Å². The Balaban J connectivity index is 1.31. The van der Waals surface area contributed by atoms with Crippen LogP contribution in [0.15, 0.2) is 91.0 Å². The van der Waals surface area contributed by atoms with E-state index < -0.39 is 0 Å². The van der Waals surface area contributed by atoms with E-state index in [2.05, 4.69) is 29.7 Å². The summed E-state index contributed by atoms with van der Waals surface area (Å²) in [6.45, 7) is 1.88. The van der Waals surface area contributed by atoms with E-state index in [1.165, 1.54) is 6.42 Å². The smallest absolute Gasteiger partial charge is 0.238 e.